The lowest BCUT2D eigenvalue weighted by atomic mass is 9.78. The number of furan rings is 1. The van der Waals surface area contributed by atoms with Gasteiger partial charge < -0.3 is 20.2 Å². The standard InChI is InChI=1S/C19H24N2O3/c1-23-16-6-4-5-15(10-16)19(7-2-3-8-19)13-21-18(22)14-9-17(11-20)24-12-14/h4-6,9-10,12H,2-3,7-8,11,13,20H2,1H3,(H,21,22). The van der Waals surface area contributed by atoms with E-state index in [0.717, 1.165) is 18.6 Å². The van der Waals surface area contributed by atoms with Crippen molar-refractivity contribution in [1.82, 2.24) is 5.32 Å². The number of hydrogen-bond donors (Lipinski definition) is 2. The lowest BCUT2D eigenvalue weighted by Crippen LogP contribution is -2.39. The first kappa shape index (κ1) is 16.6. The molecule has 1 aliphatic carbocycles. The average Bonchev–Trinajstić information content (AvgIpc) is 3.30. The maximum Gasteiger partial charge on any atom is 0.254 e. The van der Waals surface area contributed by atoms with Gasteiger partial charge in [-0.2, -0.15) is 0 Å². The van der Waals surface area contributed by atoms with Crippen molar-refractivity contribution in [3.05, 3.63) is 53.5 Å². The van der Waals surface area contributed by atoms with Gasteiger partial charge in [0.15, 0.2) is 0 Å². The van der Waals surface area contributed by atoms with Crippen molar-refractivity contribution < 1.29 is 13.9 Å². The molecule has 1 aromatic carbocycles. The first-order valence-electron chi connectivity index (χ1n) is 8.37. The van der Waals surface area contributed by atoms with E-state index in [1.807, 2.05) is 12.1 Å². The molecule has 1 amide bonds. The molecule has 128 valence electrons. The Morgan fingerprint density at radius 3 is 2.79 bits per heavy atom. The van der Waals surface area contributed by atoms with Crippen LogP contribution in [0.3, 0.4) is 0 Å². The number of carbonyl (C=O) groups excluding carboxylic acids is 1. The number of nitrogens with one attached hydrogen (secondary N) is 1. The lowest BCUT2D eigenvalue weighted by Gasteiger charge is -2.30. The van der Waals surface area contributed by atoms with Crippen molar-refractivity contribution in [1.29, 1.82) is 0 Å². The normalized spacial score (nSPS) is 16.1. The van der Waals surface area contributed by atoms with Crippen molar-refractivity contribution in [2.75, 3.05) is 13.7 Å². The fourth-order valence-electron chi connectivity index (χ4n) is 3.53. The highest BCUT2D eigenvalue weighted by Gasteiger charge is 2.36. The minimum Gasteiger partial charge on any atom is -0.497 e. The molecular weight excluding hydrogens is 304 g/mol. The van der Waals surface area contributed by atoms with E-state index in [4.69, 9.17) is 14.9 Å². The van der Waals surface area contributed by atoms with Crippen LogP contribution in [0, 0.1) is 0 Å². The van der Waals surface area contributed by atoms with Gasteiger partial charge in [0.05, 0.1) is 19.2 Å². The van der Waals surface area contributed by atoms with Crippen LogP contribution in [0.1, 0.15) is 47.4 Å². The van der Waals surface area contributed by atoms with E-state index in [9.17, 15) is 4.79 Å². The Bertz CT molecular complexity index is 702. The van der Waals surface area contributed by atoms with Gasteiger partial charge in [0.1, 0.15) is 17.8 Å². The molecule has 24 heavy (non-hydrogen) atoms. The number of amides is 1. The smallest absolute Gasteiger partial charge is 0.254 e. The Hall–Kier alpha value is -2.27. The molecule has 0 spiro atoms. The molecule has 3 N–H and O–H groups in total. The van der Waals surface area contributed by atoms with E-state index >= 15 is 0 Å². The monoisotopic (exact) mass is 328 g/mol. The topological polar surface area (TPSA) is 77.5 Å². The highest BCUT2D eigenvalue weighted by atomic mass is 16.5. The molecule has 5 heteroatoms. The summed E-state index contributed by atoms with van der Waals surface area (Å²) in [5.74, 6) is 1.35. The second-order valence-electron chi connectivity index (χ2n) is 6.41. The quantitative estimate of drug-likeness (QED) is 0.854. The Labute approximate surface area is 142 Å². The molecule has 0 unspecified atom stereocenters. The molecule has 0 radical (unpaired) electrons. The number of methoxy groups -OCH3 is 1. The van der Waals surface area contributed by atoms with Gasteiger partial charge in [-0.1, -0.05) is 25.0 Å². The molecular formula is C19H24N2O3. The second-order valence-corrected chi connectivity index (χ2v) is 6.41. The fraction of sp³-hybridized carbons (Fsp3) is 0.421. The van der Waals surface area contributed by atoms with Crippen molar-refractivity contribution in [2.45, 2.75) is 37.6 Å². The molecule has 0 bridgehead atoms. The van der Waals surface area contributed by atoms with Gasteiger partial charge in [0.2, 0.25) is 0 Å². The molecule has 5 nitrogen and oxygen atoms in total. The number of carbonyl (C=O) groups is 1. The zero-order chi connectivity index (χ0) is 17.0. The van der Waals surface area contributed by atoms with Crippen LogP contribution in [0.25, 0.3) is 0 Å². The third-order valence-corrected chi connectivity index (χ3v) is 4.95. The van der Waals surface area contributed by atoms with Crippen LogP contribution in [-0.2, 0) is 12.0 Å². The van der Waals surface area contributed by atoms with Crippen molar-refractivity contribution in [3.63, 3.8) is 0 Å². The predicted octanol–water partition coefficient (Wildman–Crippen LogP) is 2.99. The summed E-state index contributed by atoms with van der Waals surface area (Å²) < 4.78 is 10.6. The zero-order valence-corrected chi connectivity index (χ0v) is 14.0. The maximum absolute atomic E-state index is 12.4. The zero-order valence-electron chi connectivity index (χ0n) is 14.0. The molecule has 1 aromatic heterocycles. The summed E-state index contributed by atoms with van der Waals surface area (Å²) in [6, 6.07) is 9.87. The van der Waals surface area contributed by atoms with Crippen LogP contribution in [-0.4, -0.2) is 19.6 Å². The van der Waals surface area contributed by atoms with Crippen LogP contribution in [0.4, 0.5) is 0 Å². The van der Waals surface area contributed by atoms with Crippen molar-refractivity contribution in [2.24, 2.45) is 5.73 Å². The van der Waals surface area contributed by atoms with Gasteiger partial charge in [-0.25, -0.2) is 0 Å². The largest absolute Gasteiger partial charge is 0.497 e. The van der Waals surface area contributed by atoms with Crippen molar-refractivity contribution in [3.8, 4) is 5.75 Å². The number of ether oxygens (including phenoxy) is 1. The summed E-state index contributed by atoms with van der Waals surface area (Å²) in [6.45, 7) is 0.906. The van der Waals surface area contributed by atoms with Crippen LogP contribution in [0.2, 0.25) is 0 Å². The second kappa shape index (κ2) is 7.09. The molecule has 3 rings (SSSR count). The summed E-state index contributed by atoms with van der Waals surface area (Å²) >= 11 is 0. The van der Waals surface area contributed by atoms with Crippen LogP contribution < -0.4 is 15.8 Å². The van der Waals surface area contributed by atoms with Gasteiger partial charge in [-0.05, 0) is 36.6 Å². The Balaban J connectivity index is 1.75. The number of benzene rings is 1. The van der Waals surface area contributed by atoms with Gasteiger partial charge in [0, 0.05) is 12.0 Å². The average molecular weight is 328 g/mol. The Morgan fingerprint density at radius 2 is 2.12 bits per heavy atom. The van der Waals surface area contributed by atoms with Crippen LogP contribution in [0.5, 0.6) is 5.75 Å². The Morgan fingerprint density at radius 1 is 1.33 bits per heavy atom. The summed E-state index contributed by atoms with van der Waals surface area (Å²) in [5, 5.41) is 3.07. The van der Waals surface area contributed by atoms with Crippen LogP contribution in [0.15, 0.2) is 41.0 Å². The summed E-state index contributed by atoms with van der Waals surface area (Å²) in [5.41, 5.74) is 7.25. The van der Waals surface area contributed by atoms with E-state index < -0.39 is 0 Å². The van der Waals surface area contributed by atoms with Crippen molar-refractivity contribution >= 4 is 5.91 Å². The molecule has 0 atom stereocenters. The van der Waals surface area contributed by atoms with Crippen LogP contribution >= 0.6 is 0 Å². The molecule has 0 saturated heterocycles. The number of nitrogens with two attached hydrogens (primary N) is 1. The highest BCUT2D eigenvalue weighted by Crippen LogP contribution is 2.41. The lowest BCUT2D eigenvalue weighted by molar-refractivity contribution is 0.0942. The predicted molar refractivity (Wildman–Crippen MR) is 92.1 cm³/mol. The first-order valence-corrected chi connectivity index (χ1v) is 8.37. The maximum atomic E-state index is 12.4. The van der Waals surface area contributed by atoms with E-state index in [-0.39, 0.29) is 11.3 Å². The SMILES string of the molecule is COc1cccc(C2(CNC(=O)c3coc(CN)c3)CCCC2)c1. The van der Waals surface area contributed by atoms with E-state index in [2.05, 4.69) is 17.4 Å². The van der Waals surface area contributed by atoms with Gasteiger partial charge in [-0.3, -0.25) is 4.79 Å². The molecule has 1 heterocycles. The molecule has 2 aromatic rings. The van der Waals surface area contributed by atoms with Gasteiger partial charge in [0.25, 0.3) is 5.91 Å². The van der Waals surface area contributed by atoms with E-state index in [1.54, 1.807) is 13.2 Å². The third kappa shape index (κ3) is 3.31. The van der Waals surface area contributed by atoms with Gasteiger partial charge in [-0.15, -0.1) is 0 Å². The summed E-state index contributed by atoms with van der Waals surface area (Å²) in [6.07, 6.45) is 5.95. The van der Waals surface area contributed by atoms with E-state index in [0.29, 0.717) is 24.4 Å². The highest BCUT2D eigenvalue weighted by molar-refractivity contribution is 5.94. The minimum atomic E-state index is -0.118. The molecule has 0 aliphatic heterocycles. The fourth-order valence-corrected chi connectivity index (χ4v) is 3.53. The third-order valence-electron chi connectivity index (χ3n) is 4.95. The Kier molecular flexibility index (Phi) is 4.90. The number of rotatable bonds is 6. The minimum absolute atomic E-state index is 0.0232. The number of hydrogen-bond acceptors (Lipinski definition) is 4. The van der Waals surface area contributed by atoms with Gasteiger partial charge >= 0.3 is 0 Å². The summed E-state index contributed by atoms with van der Waals surface area (Å²) in [4.78, 5) is 12.4. The van der Waals surface area contributed by atoms with E-state index in [1.165, 1.54) is 24.7 Å². The first-order chi connectivity index (χ1) is 11.7. The molecule has 1 fully saturated rings. The molecule has 1 saturated carbocycles. The molecule has 1 aliphatic rings. The summed E-state index contributed by atoms with van der Waals surface area (Å²) in [7, 11) is 1.68.